The largest absolute Gasteiger partial charge is 0.298 e. The van der Waals surface area contributed by atoms with E-state index in [-0.39, 0.29) is 11.7 Å². The van der Waals surface area contributed by atoms with Crippen molar-refractivity contribution < 1.29 is 9.18 Å². The standard InChI is InChI=1S/C12H13FO/c1-9(2)11(8-14)6-10-4-3-5-12(13)7-10/h3-9H,1-2H3. The van der Waals surface area contributed by atoms with E-state index in [0.29, 0.717) is 5.57 Å². The van der Waals surface area contributed by atoms with Crippen LogP contribution in [0.2, 0.25) is 0 Å². The maximum atomic E-state index is 12.8. The molecule has 14 heavy (non-hydrogen) atoms. The first kappa shape index (κ1) is 10.6. The third-order valence-corrected chi connectivity index (χ3v) is 1.98. The number of hydrogen-bond acceptors (Lipinski definition) is 1. The predicted molar refractivity (Wildman–Crippen MR) is 55.3 cm³/mol. The van der Waals surface area contributed by atoms with Crippen molar-refractivity contribution in [3.8, 4) is 0 Å². The van der Waals surface area contributed by atoms with Crippen LogP contribution in [0.15, 0.2) is 29.8 Å². The Hall–Kier alpha value is -1.44. The third kappa shape index (κ3) is 2.80. The highest BCUT2D eigenvalue weighted by atomic mass is 19.1. The van der Waals surface area contributed by atoms with Crippen LogP contribution in [0.3, 0.4) is 0 Å². The minimum absolute atomic E-state index is 0.163. The molecule has 0 aromatic heterocycles. The first-order valence-electron chi connectivity index (χ1n) is 4.56. The van der Waals surface area contributed by atoms with Gasteiger partial charge in [0.05, 0.1) is 0 Å². The first-order valence-corrected chi connectivity index (χ1v) is 4.56. The van der Waals surface area contributed by atoms with Gasteiger partial charge in [0.1, 0.15) is 12.1 Å². The molecule has 1 aromatic carbocycles. The molecule has 0 fully saturated rings. The summed E-state index contributed by atoms with van der Waals surface area (Å²) < 4.78 is 12.8. The molecule has 74 valence electrons. The average molecular weight is 192 g/mol. The lowest BCUT2D eigenvalue weighted by molar-refractivity contribution is -0.105. The van der Waals surface area contributed by atoms with Crippen LogP contribution in [0, 0.1) is 11.7 Å². The van der Waals surface area contributed by atoms with Crippen molar-refractivity contribution in [1.82, 2.24) is 0 Å². The smallest absolute Gasteiger partial charge is 0.146 e. The summed E-state index contributed by atoms with van der Waals surface area (Å²) in [4.78, 5) is 10.7. The van der Waals surface area contributed by atoms with E-state index < -0.39 is 0 Å². The second-order valence-corrected chi connectivity index (χ2v) is 3.47. The van der Waals surface area contributed by atoms with Gasteiger partial charge in [0.25, 0.3) is 0 Å². The van der Waals surface area contributed by atoms with Crippen molar-refractivity contribution in [1.29, 1.82) is 0 Å². The Morgan fingerprint density at radius 3 is 2.64 bits per heavy atom. The van der Waals surface area contributed by atoms with Gasteiger partial charge in [-0.15, -0.1) is 0 Å². The van der Waals surface area contributed by atoms with Crippen LogP contribution in [0.25, 0.3) is 6.08 Å². The Labute approximate surface area is 83.3 Å². The van der Waals surface area contributed by atoms with E-state index in [1.165, 1.54) is 12.1 Å². The fraction of sp³-hybridized carbons (Fsp3) is 0.250. The van der Waals surface area contributed by atoms with Crippen LogP contribution >= 0.6 is 0 Å². The van der Waals surface area contributed by atoms with Crippen molar-refractivity contribution in [3.63, 3.8) is 0 Å². The number of carbonyl (C=O) groups excluding carboxylic acids is 1. The summed E-state index contributed by atoms with van der Waals surface area (Å²) in [5.74, 6) is -0.122. The number of hydrogen-bond donors (Lipinski definition) is 0. The highest BCUT2D eigenvalue weighted by Crippen LogP contribution is 2.13. The number of carbonyl (C=O) groups is 1. The Kier molecular flexibility index (Phi) is 3.57. The Morgan fingerprint density at radius 1 is 1.43 bits per heavy atom. The van der Waals surface area contributed by atoms with Gasteiger partial charge in [0, 0.05) is 0 Å². The van der Waals surface area contributed by atoms with E-state index in [1.54, 1.807) is 18.2 Å². The van der Waals surface area contributed by atoms with Gasteiger partial charge >= 0.3 is 0 Å². The molecule has 0 unspecified atom stereocenters. The summed E-state index contributed by atoms with van der Waals surface area (Å²) in [6.45, 7) is 3.86. The van der Waals surface area contributed by atoms with E-state index in [1.807, 2.05) is 13.8 Å². The molecule has 0 atom stereocenters. The van der Waals surface area contributed by atoms with Gasteiger partial charge in [-0.1, -0.05) is 26.0 Å². The lowest BCUT2D eigenvalue weighted by Crippen LogP contribution is -1.94. The molecule has 0 amide bonds. The molecule has 1 rings (SSSR count). The highest BCUT2D eigenvalue weighted by Gasteiger charge is 2.01. The molecule has 0 saturated heterocycles. The zero-order chi connectivity index (χ0) is 10.6. The minimum atomic E-state index is -0.284. The minimum Gasteiger partial charge on any atom is -0.298 e. The monoisotopic (exact) mass is 192 g/mol. The summed E-state index contributed by atoms with van der Waals surface area (Å²) in [7, 11) is 0. The zero-order valence-corrected chi connectivity index (χ0v) is 8.33. The van der Waals surface area contributed by atoms with Crippen LogP contribution in [0.5, 0.6) is 0 Å². The lowest BCUT2D eigenvalue weighted by Gasteiger charge is -2.03. The van der Waals surface area contributed by atoms with Crippen molar-refractivity contribution in [3.05, 3.63) is 41.2 Å². The van der Waals surface area contributed by atoms with Crippen LogP contribution in [0.4, 0.5) is 4.39 Å². The fourth-order valence-electron chi connectivity index (χ4n) is 1.13. The molecule has 1 aromatic rings. The maximum absolute atomic E-state index is 12.8. The van der Waals surface area contributed by atoms with E-state index in [9.17, 15) is 9.18 Å². The normalized spacial score (nSPS) is 11.9. The molecule has 0 aliphatic rings. The Morgan fingerprint density at radius 2 is 2.14 bits per heavy atom. The van der Waals surface area contributed by atoms with Crippen LogP contribution in [-0.2, 0) is 4.79 Å². The summed E-state index contributed by atoms with van der Waals surface area (Å²) in [5, 5.41) is 0. The van der Waals surface area contributed by atoms with Crippen LogP contribution in [0.1, 0.15) is 19.4 Å². The molecule has 0 aliphatic carbocycles. The second kappa shape index (κ2) is 4.70. The summed E-state index contributed by atoms with van der Waals surface area (Å²) in [6, 6.07) is 6.19. The number of aldehydes is 1. The molecule has 0 radical (unpaired) electrons. The van der Waals surface area contributed by atoms with Gasteiger partial charge in [-0.05, 0) is 35.3 Å². The van der Waals surface area contributed by atoms with E-state index in [4.69, 9.17) is 0 Å². The number of halogens is 1. The predicted octanol–water partition coefficient (Wildman–Crippen LogP) is 3.06. The van der Waals surface area contributed by atoms with Gasteiger partial charge in [-0.25, -0.2) is 4.39 Å². The van der Waals surface area contributed by atoms with Crippen molar-refractivity contribution in [2.45, 2.75) is 13.8 Å². The van der Waals surface area contributed by atoms with Gasteiger partial charge in [-0.3, -0.25) is 4.79 Å². The molecular formula is C12H13FO. The van der Waals surface area contributed by atoms with E-state index >= 15 is 0 Å². The quantitative estimate of drug-likeness (QED) is 0.531. The van der Waals surface area contributed by atoms with Gasteiger partial charge < -0.3 is 0 Å². The first-order chi connectivity index (χ1) is 6.63. The summed E-state index contributed by atoms with van der Waals surface area (Å²) in [6.07, 6.45) is 2.52. The highest BCUT2D eigenvalue weighted by molar-refractivity contribution is 5.82. The van der Waals surface area contributed by atoms with E-state index in [0.717, 1.165) is 11.8 Å². The number of allylic oxidation sites excluding steroid dienone is 1. The molecule has 0 aliphatic heterocycles. The van der Waals surface area contributed by atoms with Gasteiger partial charge in [0.15, 0.2) is 0 Å². The SMILES string of the molecule is CC(C)C(C=O)=Cc1cccc(F)c1. The molecular weight excluding hydrogens is 179 g/mol. The lowest BCUT2D eigenvalue weighted by atomic mass is 10.0. The van der Waals surface area contributed by atoms with Gasteiger partial charge in [-0.2, -0.15) is 0 Å². The summed E-state index contributed by atoms with van der Waals surface area (Å²) in [5.41, 5.74) is 1.40. The zero-order valence-electron chi connectivity index (χ0n) is 8.33. The van der Waals surface area contributed by atoms with E-state index in [2.05, 4.69) is 0 Å². The molecule has 0 saturated carbocycles. The fourth-order valence-corrected chi connectivity index (χ4v) is 1.13. The Balaban J connectivity index is 3.00. The topological polar surface area (TPSA) is 17.1 Å². The molecule has 0 bridgehead atoms. The number of benzene rings is 1. The van der Waals surface area contributed by atoms with Gasteiger partial charge in [0.2, 0.25) is 0 Å². The van der Waals surface area contributed by atoms with Crippen LogP contribution < -0.4 is 0 Å². The third-order valence-electron chi connectivity index (χ3n) is 1.98. The van der Waals surface area contributed by atoms with Crippen LogP contribution in [-0.4, -0.2) is 6.29 Å². The summed E-state index contributed by atoms with van der Waals surface area (Å²) >= 11 is 0. The van der Waals surface area contributed by atoms with Crippen molar-refractivity contribution in [2.75, 3.05) is 0 Å². The molecule has 1 nitrogen and oxygen atoms in total. The molecule has 0 spiro atoms. The Bertz CT molecular complexity index is 353. The van der Waals surface area contributed by atoms with Crippen molar-refractivity contribution in [2.24, 2.45) is 5.92 Å². The van der Waals surface area contributed by atoms with Crippen molar-refractivity contribution >= 4 is 12.4 Å². The molecule has 2 heteroatoms. The maximum Gasteiger partial charge on any atom is 0.146 e. The number of rotatable bonds is 3. The molecule has 0 N–H and O–H groups in total. The average Bonchev–Trinajstić information content (AvgIpc) is 2.14. The molecule has 0 heterocycles. The second-order valence-electron chi connectivity index (χ2n) is 3.47.